The van der Waals surface area contributed by atoms with Crippen LogP contribution in [0.1, 0.15) is 19.4 Å². The summed E-state index contributed by atoms with van der Waals surface area (Å²) in [5.41, 5.74) is 9.02. The lowest BCUT2D eigenvalue weighted by atomic mass is 10.1. The summed E-state index contributed by atoms with van der Waals surface area (Å²) in [7, 11) is -3.48. The molecule has 7 heteroatoms. The van der Waals surface area contributed by atoms with Gasteiger partial charge < -0.3 is 10.5 Å². The largest absolute Gasteiger partial charge is 0.487 e. The van der Waals surface area contributed by atoms with Crippen molar-refractivity contribution in [2.45, 2.75) is 25.7 Å². The average molecular weight is 371 g/mol. The molecule has 0 saturated carbocycles. The molecule has 26 heavy (non-hydrogen) atoms. The summed E-state index contributed by atoms with van der Waals surface area (Å²) >= 11 is 0. The van der Waals surface area contributed by atoms with Gasteiger partial charge in [0.05, 0.1) is 23.3 Å². The fourth-order valence-corrected chi connectivity index (χ4v) is 3.25. The molecule has 0 atom stereocenters. The third kappa shape index (κ3) is 3.72. The molecular weight excluding hydrogens is 350 g/mol. The lowest BCUT2D eigenvalue weighted by Gasteiger charge is -2.10. The molecule has 0 unspecified atom stereocenters. The molecule has 0 amide bonds. The van der Waals surface area contributed by atoms with E-state index in [2.05, 4.69) is 5.10 Å². The van der Waals surface area contributed by atoms with Crippen LogP contribution in [0.4, 0.5) is 5.69 Å². The zero-order chi connectivity index (χ0) is 18.7. The Hall–Kier alpha value is -2.80. The average Bonchev–Trinajstić information content (AvgIpc) is 3.12. The highest BCUT2D eigenvalue weighted by Gasteiger charge is 2.20. The van der Waals surface area contributed by atoms with E-state index in [1.807, 2.05) is 36.4 Å². The first-order chi connectivity index (χ1) is 12.4. The minimum atomic E-state index is -3.48. The van der Waals surface area contributed by atoms with Crippen molar-refractivity contribution in [3.63, 3.8) is 0 Å². The van der Waals surface area contributed by atoms with Crippen LogP contribution in [0.5, 0.6) is 5.75 Å². The van der Waals surface area contributed by atoms with E-state index in [0.29, 0.717) is 23.6 Å². The summed E-state index contributed by atoms with van der Waals surface area (Å²) in [4.78, 5) is 0. The van der Waals surface area contributed by atoms with Crippen LogP contribution in [0.15, 0.2) is 60.9 Å². The zero-order valence-electron chi connectivity index (χ0n) is 14.7. The Morgan fingerprint density at radius 2 is 1.85 bits per heavy atom. The van der Waals surface area contributed by atoms with E-state index in [1.54, 1.807) is 26.0 Å². The van der Waals surface area contributed by atoms with Gasteiger partial charge in [0.25, 0.3) is 10.0 Å². The third-order valence-corrected chi connectivity index (χ3v) is 5.91. The molecule has 0 bridgehead atoms. The van der Waals surface area contributed by atoms with E-state index in [4.69, 9.17) is 10.5 Å². The van der Waals surface area contributed by atoms with E-state index in [0.717, 1.165) is 15.2 Å². The summed E-state index contributed by atoms with van der Waals surface area (Å²) < 4.78 is 31.3. The molecule has 136 valence electrons. The van der Waals surface area contributed by atoms with Crippen molar-refractivity contribution >= 4 is 15.7 Å². The number of nitrogen functional groups attached to an aromatic ring is 1. The summed E-state index contributed by atoms with van der Waals surface area (Å²) in [5.74, 6) is 0.547. The van der Waals surface area contributed by atoms with E-state index in [-0.39, 0.29) is 0 Å². The quantitative estimate of drug-likeness (QED) is 0.672. The predicted octanol–water partition coefficient (Wildman–Crippen LogP) is 3.30. The van der Waals surface area contributed by atoms with E-state index in [9.17, 15) is 8.42 Å². The maximum absolute atomic E-state index is 12.2. The van der Waals surface area contributed by atoms with Crippen LogP contribution in [0.3, 0.4) is 0 Å². The second-order valence-corrected chi connectivity index (χ2v) is 8.57. The summed E-state index contributed by atoms with van der Waals surface area (Å²) in [6.45, 7) is 3.64. The van der Waals surface area contributed by atoms with Gasteiger partial charge in [-0.25, -0.2) is 8.42 Å². The van der Waals surface area contributed by atoms with Crippen LogP contribution in [-0.4, -0.2) is 22.9 Å². The fourth-order valence-electron chi connectivity index (χ4n) is 2.38. The van der Waals surface area contributed by atoms with Gasteiger partial charge >= 0.3 is 0 Å². The van der Waals surface area contributed by atoms with Crippen LogP contribution in [0, 0.1) is 0 Å². The Morgan fingerprint density at radius 3 is 2.54 bits per heavy atom. The normalized spacial score (nSPS) is 11.7. The molecule has 3 rings (SSSR count). The number of ether oxygens (including phenoxy) is 1. The topological polar surface area (TPSA) is 87.2 Å². The van der Waals surface area contributed by atoms with Crippen molar-refractivity contribution in [3.8, 4) is 16.9 Å². The van der Waals surface area contributed by atoms with Gasteiger partial charge in [0.1, 0.15) is 12.4 Å². The summed E-state index contributed by atoms with van der Waals surface area (Å²) in [5, 5.41) is 3.44. The van der Waals surface area contributed by atoms with Crippen LogP contribution in [0.25, 0.3) is 11.1 Å². The molecule has 6 nitrogen and oxygen atoms in total. The Morgan fingerprint density at radius 1 is 1.12 bits per heavy atom. The van der Waals surface area contributed by atoms with Gasteiger partial charge in [0, 0.05) is 5.56 Å². The molecule has 1 aromatic heterocycles. The van der Waals surface area contributed by atoms with Gasteiger partial charge in [0.15, 0.2) is 0 Å². The fraction of sp³-hybridized carbons (Fsp3) is 0.211. The molecule has 3 aromatic rings. The highest BCUT2D eigenvalue weighted by molar-refractivity contribution is 7.90. The van der Waals surface area contributed by atoms with Gasteiger partial charge in [0.2, 0.25) is 0 Å². The number of nitrogens with two attached hydrogens (primary N) is 1. The monoisotopic (exact) mass is 371 g/mol. The SMILES string of the molecule is CC(C)S(=O)(=O)n1cc(-c2ccc(N)c(OCc3ccccc3)c2)cn1. The van der Waals surface area contributed by atoms with E-state index >= 15 is 0 Å². The number of nitrogens with zero attached hydrogens (tertiary/aromatic N) is 2. The first-order valence-electron chi connectivity index (χ1n) is 8.23. The smallest absolute Gasteiger partial charge is 0.256 e. The van der Waals surface area contributed by atoms with Crippen molar-refractivity contribution in [2.24, 2.45) is 0 Å². The van der Waals surface area contributed by atoms with E-state index < -0.39 is 15.3 Å². The first-order valence-corrected chi connectivity index (χ1v) is 9.74. The van der Waals surface area contributed by atoms with Gasteiger partial charge in [-0.05, 0) is 37.1 Å². The predicted molar refractivity (Wildman–Crippen MR) is 102 cm³/mol. The number of hydrogen-bond donors (Lipinski definition) is 1. The molecule has 0 aliphatic rings. The van der Waals surface area contributed by atoms with Crippen molar-refractivity contribution < 1.29 is 13.2 Å². The van der Waals surface area contributed by atoms with Crippen LogP contribution >= 0.6 is 0 Å². The molecule has 0 aliphatic heterocycles. The molecule has 0 spiro atoms. The summed E-state index contributed by atoms with van der Waals surface area (Å²) in [6, 6.07) is 15.1. The maximum atomic E-state index is 12.2. The van der Waals surface area contributed by atoms with Gasteiger partial charge in [-0.2, -0.15) is 9.19 Å². The number of rotatable bonds is 6. The van der Waals surface area contributed by atoms with Crippen molar-refractivity contribution in [1.82, 2.24) is 9.19 Å². The highest BCUT2D eigenvalue weighted by Crippen LogP contribution is 2.29. The van der Waals surface area contributed by atoms with Gasteiger partial charge in [-0.1, -0.05) is 36.4 Å². The lowest BCUT2D eigenvalue weighted by Crippen LogP contribution is -2.22. The first kappa shape index (κ1) is 18.0. The van der Waals surface area contributed by atoms with E-state index in [1.165, 1.54) is 12.4 Å². The molecule has 2 N–H and O–H groups in total. The molecule has 0 radical (unpaired) electrons. The second-order valence-electron chi connectivity index (χ2n) is 6.22. The van der Waals surface area contributed by atoms with Crippen LogP contribution in [0.2, 0.25) is 0 Å². The number of aromatic nitrogens is 2. The molecule has 0 saturated heterocycles. The van der Waals surface area contributed by atoms with Gasteiger partial charge in [-0.3, -0.25) is 0 Å². The molecular formula is C19H21N3O3S. The van der Waals surface area contributed by atoms with Crippen LogP contribution < -0.4 is 10.5 Å². The minimum Gasteiger partial charge on any atom is -0.487 e. The van der Waals surface area contributed by atoms with Crippen molar-refractivity contribution in [2.75, 3.05) is 5.73 Å². The third-order valence-electron chi connectivity index (χ3n) is 4.00. The number of benzene rings is 2. The molecule has 0 fully saturated rings. The standard InChI is InChI=1S/C19H21N3O3S/c1-14(2)26(23,24)22-12-17(11-21-22)16-8-9-18(20)19(10-16)25-13-15-6-4-3-5-7-15/h3-12,14H,13,20H2,1-2H3. The van der Waals surface area contributed by atoms with Gasteiger partial charge in [-0.15, -0.1) is 0 Å². The zero-order valence-corrected chi connectivity index (χ0v) is 15.5. The highest BCUT2D eigenvalue weighted by atomic mass is 32.2. The van der Waals surface area contributed by atoms with Crippen molar-refractivity contribution in [1.29, 1.82) is 0 Å². The Kier molecular flexibility index (Phi) is 4.99. The van der Waals surface area contributed by atoms with Crippen LogP contribution in [-0.2, 0) is 16.6 Å². The molecule has 1 heterocycles. The van der Waals surface area contributed by atoms with Crippen molar-refractivity contribution in [3.05, 3.63) is 66.5 Å². The Balaban J connectivity index is 1.85. The number of hydrogen-bond acceptors (Lipinski definition) is 5. The Bertz CT molecular complexity index is 996. The second kappa shape index (κ2) is 7.21. The lowest BCUT2D eigenvalue weighted by molar-refractivity contribution is 0.308. The molecule has 0 aliphatic carbocycles. The maximum Gasteiger partial charge on any atom is 0.256 e. The number of anilines is 1. The summed E-state index contributed by atoms with van der Waals surface area (Å²) in [6.07, 6.45) is 3.02. The minimum absolute atomic E-state index is 0.398. The molecule has 2 aromatic carbocycles. The Labute approximate surface area is 153 Å².